The predicted molar refractivity (Wildman–Crippen MR) is 71.5 cm³/mol. The Morgan fingerprint density at radius 2 is 1.85 bits per heavy atom. The summed E-state index contributed by atoms with van der Waals surface area (Å²) in [5.74, 6) is -3.03. The number of ketones is 2. The van der Waals surface area contributed by atoms with Crippen LogP contribution < -0.4 is 5.32 Å². The molecular formula is C15H16FNO3. The molecule has 0 spiro atoms. The SMILES string of the molecule is CC1(C)CCC(=O)C(C(=O)Nc2ccc(F)cc2)C1=O. The first kappa shape index (κ1) is 14.4. The zero-order valence-corrected chi connectivity index (χ0v) is 11.4. The average molecular weight is 277 g/mol. The van der Waals surface area contributed by atoms with Crippen molar-refractivity contribution in [2.75, 3.05) is 5.32 Å². The van der Waals surface area contributed by atoms with Crippen molar-refractivity contribution in [2.24, 2.45) is 11.3 Å². The van der Waals surface area contributed by atoms with E-state index in [1.807, 2.05) is 0 Å². The van der Waals surface area contributed by atoms with Crippen LogP contribution in [0.2, 0.25) is 0 Å². The van der Waals surface area contributed by atoms with Crippen molar-refractivity contribution in [3.8, 4) is 0 Å². The van der Waals surface area contributed by atoms with Gasteiger partial charge in [-0.25, -0.2) is 4.39 Å². The van der Waals surface area contributed by atoms with Crippen LogP contribution in [0.1, 0.15) is 26.7 Å². The Labute approximate surface area is 116 Å². The molecule has 1 saturated carbocycles. The zero-order valence-electron chi connectivity index (χ0n) is 11.4. The third kappa shape index (κ3) is 2.76. The fourth-order valence-corrected chi connectivity index (χ4v) is 2.25. The van der Waals surface area contributed by atoms with Crippen LogP contribution >= 0.6 is 0 Å². The molecule has 0 aliphatic heterocycles. The van der Waals surface area contributed by atoms with Crippen molar-refractivity contribution in [3.05, 3.63) is 30.1 Å². The highest BCUT2D eigenvalue weighted by Crippen LogP contribution is 2.34. The summed E-state index contributed by atoms with van der Waals surface area (Å²) in [5.41, 5.74) is -0.306. The van der Waals surface area contributed by atoms with Gasteiger partial charge in [0.15, 0.2) is 17.5 Å². The van der Waals surface area contributed by atoms with Crippen molar-refractivity contribution in [1.29, 1.82) is 0 Å². The molecule has 1 aromatic rings. The van der Waals surface area contributed by atoms with E-state index < -0.39 is 23.1 Å². The van der Waals surface area contributed by atoms with Crippen LogP contribution in [0.3, 0.4) is 0 Å². The predicted octanol–water partition coefficient (Wildman–Crippen LogP) is 2.34. The van der Waals surface area contributed by atoms with E-state index in [2.05, 4.69) is 5.32 Å². The first-order valence-corrected chi connectivity index (χ1v) is 6.45. The summed E-state index contributed by atoms with van der Waals surface area (Å²) >= 11 is 0. The third-order valence-corrected chi connectivity index (χ3v) is 3.62. The van der Waals surface area contributed by atoms with Crippen LogP contribution in [0.25, 0.3) is 0 Å². The van der Waals surface area contributed by atoms with Gasteiger partial charge < -0.3 is 5.32 Å². The molecule has 0 radical (unpaired) electrons. The molecule has 5 heteroatoms. The number of rotatable bonds is 2. The molecule has 1 N–H and O–H groups in total. The Bertz CT molecular complexity index is 563. The molecule has 0 heterocycles. The molecule has 1 amide bonds. The maximum absolute atomic E-state index is 12.8. The molecule has 1 aromatic carbocycles. The first-order chi connectivity index (χ1) is 9.31. The monoisotopic (exact) mass is 277 g/mol. The second kappa shape index (κ2) is 5.15. The summed E-state index contributed by atoms with van der Waals surface area (Å²) < 4.78 is 12.8. The molecule has 1 fully saturated rings. The molecule has 2 rings (SSSR count). The molecule has 4 nitrogen and oxygen atoms in total. The van der Waals surface area contributed by atoms with E-state index in [0.29, 0.717) is 12.1 Å². The summed E-state index contributed by atoms with van der Waals surface area (Å²) in [6.45, 7) is 3.47. The quantitative estimate of drug-likeness (QED) is 0.844. The fourth-order valence-electron chi connectivity index (χ4n) is 2.25. The molecular weight excluding hydrogens is 261 g/mol. The molecule has 20 heavy (non-hydrogen) atoms. The van der Waals surface area contributed by atoms with Crippen molar-refractivity contribution < 1.29 is 18.8 Å². The van der Waals surface area contributed by atoms with Crippen LogP contribution in [0, 0.1) is 17.2 Å². The maximum Gasteiger partial charge on any atom is 0.242 e. The Kier molecular flexibility index (Phi) is 3.70. The van der Waals surface area contributed by atoms with Gasteiger partial charge in [-0.3, -0.25) is 14.4 Å². The number of Topliss-reactive ketones (excluding diaryl/α,β-unsaturated/α-hetero) is 2. The number of benzene rings is 1. The van der Waals surface area contributed by atoms with Crippen LogP contribution in [0.4, 0.5) is 10.1 Å². The van der Waals surface area contributed by atoms with E-state index in [1.165, 1.54) is 24.3 Å². The number of carbonyl (C=O) groups excluding carboxylic acids is 3. The van der Waals surface area contributed by atoms with Crippen LogP contribution in [0.15, 0.2) is 24.3 Å². The van der Waals surface area contributed by atoms with Crippen molar-refractivity contribution in [3.63, 3.8) is 0 Å². The standard InChI is InChI=1S/C15H16FNO3/c1-15(2)8-7-11(18)12(13(15)19)14(20)17-10-5-3-9(16)4-6-10/h3-6,12H,7-8H2,1-2H3,(H,17,20). The molecule has 0 saturated heterocycles. The Morgan fingerprint density at radius 3 is 2.45 bits per heavy atom. The molecule has 0 bridgehead atoms. The summed E-state index contributed by atoms with van der Waals surface area (Å²) in [6.07, 6.45) is 0.686. The van der Waals surface area contributed by atoms with E-state index in [4.69, 9.17) is 0 Å². The van der Waals surface area contributed by atoms with Gasteiger partial charge >= 0.3 is 0 Å². The summed E-state index contributed by atoms with van der Waals surface area (Å²) in [7, 11) is 0. The van der Waals surface area contributed by atoms with Gasteiger partial charge in [-0.2, -0.15) is 0 Å². The van der Waals surface area contributed by atoms with Gasteiger partial charge in [0.25, 0.3) is 0 Å². The largest absolute Gasteiger partial charge is 0.325 e. The average Bonchev–Trinajstić information content (AvgIpc) is 2.38. The number of anilines is 1. The topological polar surface area (TPSA) is 63.2 Å². The van der Waals surface area contributed by atoms with Gasteiger partial charge in [-0.05, 0) is 30.7 Å². The van der Waals surface area contributed by atoms with E-state index in [9.17, 15) is 18.8 Å². The lowest BCUT2D eigenvalue weighted by Crippen LogP contribution is -2.46. The highest BCUT2D eigenvalue weighted by atomic mass is 19.1. The van der Waals surface area contributed by atoms with Gasteiger partial charge in [0, 0.05) is 17.5 Å². The normalized spacial score (nSPS) is 21.6. The molecule has 106 valence electrons. The molecule has 0 aromatic heterocycles. The second-order valence-corrected chi connectivity index (χ2v) is 5.64. The zero-order chi connectivity index (χ0) is 14.9. The van der Waals surface area contributed by atoms with E-state index in [1.54, 1.807) is 13.8 Å². The maximum atomic E-state index is 12.8. The Hall–Kier alpha value is -2.04. The van der Waals surface area contributed by atoms with Gasteiger partial charge in [-0.1, -0.05) is 13.8 Å². The number of halogens is 1. The fraction of sp³-hybridized carbons (Fsp3) is 0.400. The van der Waals surface area contributed by atoms with Gasteiger partial charge in [0.1, 0.15) is 5.82 Å². The number of hydrogen-bond acceptors (Lipinski definition) is 3. The van der Waals surface area contributed by atoms with Crippen molar-refractivity contribution in [2.45, 2.75) is 26.7 Å². The number of nitrogens with one attached hydrogen (secondary N) is 1. The number of hydrogen-bond donors (Lipinski definition) is 1. The minimum absolute atomic E-state index is 0.222. The van der Waals surface area contributed by atoms with E-state index in [0.717, 1.165) is 0 Å². The summed E-state index contributed by atoms with van der Waals surface area (Å²) in [5, 5.41) is 2.49. The smallest absolute Gasteiger partial charge is 0.242 e. The van der Waals surface area contributed by atoms with Crippen molar-refractivity contribution in [1.82, 2.24) is 0 Å². The number of amides is 1. The molecule has 1 aliphatic rings. The molecule has 1 atom stereocenters. The van der Waals surface area contributed by atoms with Crippen LogP contribution in [0.5, 0.6) is 0 Å². The van der Waals surface area contributed by atoms with Crippen LogP contribution in [-0.4, -0.2) is 17.5 Å². The minimum Gasteiger partial charge on any atom is -0.325 e. The first-order valence-electron chi connectivity index (χ1n) is 6.45. The molecule has 1 aliphatic carbocycles. The Balaban J connectivity index is 2.17. The van der Waals surface area contributed by atoms with Crippen LogP contribution in [-0.2, 0) is 14.4 Å². The summed E-state index contributed by atoms with van der Waals surface area (Å²) in [6, 6.07) is 5.17. The van der Waals surface area contributed by atoms with Gasteiger partial charge in [0.2, 0.25) is 5.91 Å². The summed E-state index contributed by atoms with van der Waals surface area (Å²) in [4.78, 5) is 36.2. The second-order valence-electron chi connectivity index (χ2n) is 5.64. The van der Waals surface area contributed by atoms with E-state index in [-0.39, 0.29) is 18.0 Å². The number of carbonyl (C=O) groups is 3. The third-order valence-electron chi connectivity index (χ3n) is 3.62. The minimum atomic E-state index is -1.26. The van der Waals surface area contributed by atoms with Gasteiger partial charge in [0.05, 0.1) is 0 Å². The highest BCUT2D eigenvalue weighted by molar-refractivity contribution is 6.24. The van der Waals surface area contributed by atoms with Gasteiger partial charge in [-0.15, -0.1) is 0 Å². The lowest BCUT2D eigenvalue weighted by atomic mass is 9.70. The lowest BCUT2D eigenvalue weighted by molar-refractivity contribution is -0.147. The lowest BCUT2D eigenvalue weighted by Gasteiger charge is -2.31. The Morgan fingerprint density at radius 1 is 1.25 bits per heavy atom. The van der Waals surface area contributed by atoms with E-state index >= 15 is 0 Å². The highest BCUT2D eigenvalue weighted by Gasteiger charge is 2.45. The van der Waals surface area contributed by atoms with Crippen molar-refractivity contribution >= 4 is 23.2 Å². The molecule has 1 unspecified atom stereocenters.